The Labute approximate surface area is 182 Å². The summed E-state index contributed by atoms with van der Waals surface area (Å²) in [7, 11) is -1.61. The summed E-state index contributed by atoms with van der Waals surface area (Å²) >= 11 is 0. The van der Waals surface area contributed by atoms with Gasteiger partial charge in [-0.05, 0) is 53.1 Å². The maximum absolute atomic E-state index is 12.5. The summed E-state index contributed by atoms with van der Waals surface area (Å²) in [5, 5.41) is 2.84. The van der Waals surface area contributed by atoms with Crippen LogP contribution < -0.4 is 14.8 Å². The molecule has 0 atom stereocenters. The van der Waals surface area contributed by atoms with Gasteiger partial charge in [0.15, 0.2) is 21.3 Å². The molecule has 1 heterocycles. The van der Waals surface area contributed by atoms with Gasteiger partial charge in [-0.3, -0.25) is 9.78 Å². The van der Waals surface area contributed by atoms with E-state index in [1.165, 1.54) is 0 Å². The fourth-order valence-electron chi connectivity index (χ4n) is 2.97. The number of aromatic nitrogens is 1. The lowest BCUT2D eigenvalue weighted by Gasteiger charge is -2.13. The quantitative estimate of drug-likeness (QED) is 0.549. The lowest BCUT2D eigenvalue weighted by molar-refractivity contribution is 0.0950. The molecule has 0 unspecified atom stereocenters. The van der Waals surface area contributed by atoms with Gasteiger partial charge < -0.3 is 14.8 Å². The van der Waals surface area contributed by atoms with Crippen molar-refractivity contribution in [2.45, 2.75) is 18.9 Å². The lowest BCUT2D eigenvalue weighted by Crippen LogP contribution is -2.23. The minimum atomic E-state index is -3.17. The van der Waals surface area contributed by atoms with Crippen molar-refractivity contribution in [1.82, 2.24) is 10.3 Å². The van der Waals surface area contributed by atoms with Crippen LogP contribution in [-0.4, -0.2) is 32.7 Å². The molecular formula is C23H24N2O5S. The topological polar surface area (TPSA) is 94.6 Å². The summed E-state index contributed by atoms with van der Waals surface area (Å²) < 4.78 is 34.2. The van der Waals surface area contributed by atoms with E-state index in [0.29, 0.717) is 29.2 Å². The van der Waals surface area contributed by atoms with Crippen LogP contribution in [0.15, 0.2) is 67.0 Å². The third-order valence-electron chi connectivity index (χ3n) is 4.44. The van der Waals surface area contributed by atoms with E-state index in [4.69, 9.17) is 9.47 Å². The summed E-state index contributed by atoms with van der Waals surface area (Å²) in [5.41, 5.74) is 2.82. The summed E-state index contributed by atoms with van der Waals surface area (Å²) in [4.78, 5) is 16.5. The van der Waals surface area contributed by atoms with Gasteiger partial charge in [-0.1, -0.05) is 18.2 Å². The van der Waals surface area contributed by atoms with Gasteiger partial charge in [0.25, 0.3) is 5.91 Å². The van der Waals surface area contributed by atoms with E-state index in [-0.39, 0.29) is 18.2 Å². The monoisotopic (exact) mass is 440 g/mol. The van der Waals surface area contributed by atoms with Gasteiger partial charge in [0.05, 0.1) is 12.9 Å². The largest absolute Gasteiger partial charge is 0.493 e. The number of pyridine rings is 1. The third-order valence-corrected chi connectivity index (χ3v) is 5.30. The minimum absolute atomic E-state index is 0.105. The van der Waals surface area contributed by atoms with Crippen LogP contribution in [0.25, 0.3) is 0 Å². The van der Waals surface area contributed by atoms with Crippen molar-refractivity contribution < 1.29 is 22.7 Å². The van der Waals surface area contributed by atoms with Gasteiger partial charge in [0.2, 0.25) is 0 Å². The molecule has 1 N–H and O–H groups in total. The first-order chi connectivity index (χ1) is 14.8. The molecule has 0 aliphatic rings. The van der Waals surface area contributed by atoms with Crippen molar-refractivity contribution in [3.63, 3.8) is 0 Å². The van der Waals surface area contributed by atoms with Crippen molar-refractivity contribution in [3.8, 4) is 11.5 Å². The highest BCUT2D eigenvalue weighted by atomic mass is 32.2. The van der Waals surface area contributed by atoms with Crippen LogP contribution in [0.4, 0.5) is 0 Å². The van der Waals surface area contributed by atoms with E-state index in [1.54, 1.807) is 49.8 Å². The second-order valence-corrected chi connectivity index (χ2v) is 9.22. The van der Waals surface area contributed by atoms with E-state index in [1.807, 2.05) is 24.3 Å². The number of rotatable bonds is 9. The van der Waals surface area contributed by atoms with Crippen LogP contribution in [0.3, 0.4) is 0 Å². The van der Waals surface area contributed by atoms with Crippen LogP contribution in [0.1, 0.15) is 27.0 Å². The molecule has 3 aromatic rings. The zero-order valence-corrected chi connectivity index (χ0v) is 18.2. The standard InChI is InChI=1S/C23H24N2O5S/c1-29-22-13-18(6-7-21(22)30-15-17-8-10-24-11-9-17)14-25-23(26)20-5-3-4-19(12-20)16-31(2,27)28/h3-13H,14-16H2,1-2H3,(H,25,26). The van der Waals surface area contributed by atoms with Gasteiger partial charge in [-0.25, -0.2) is 8.42 Å². The van der Waals surface area contributed by atoms with Crippen LogP contribution in [0.5, 0.6) is 11.5 Å². The Morgan fingerprint density at radius 1 is 0.968 bits per heavy atom. The van der Waals surface area contributed by atoms with Crippen LogP contribution >= 0.6 is 0 Å². The molecule has 31 heavy (non-hydrogen) atoms. The normalized spacial score (nSPS) is 11.0. The predicted octanol–water partition coefficient (Wildman–Crippen LogP) is 3.14. The number of carbonyl (C=O) groups is 1. The van der Waals surface area contributed by atoms with Crippen molar-refractivity contribution in [2.24, 2.45) is 0 Å². The number of nitrogens with zero attached hydrogens (tertiary/aromatic N) is 1. The van der Waals surface area contributed by atoms with Gasteiger partial charge >= 0.3 is 0 Å². The fourth-order valence-corrected chi connectivity index (χ4v) is 3.76. The number of sulfone groups is 1. The summed E-state index contributed by atoms with van der Waals surface area (Å²) in [5.74, 6) is 0.776. The van der Waals surface area contributed by atoms with E-state index < -0.39 is 9.84 Å². The molecule has 0 saturated carbocycles. The average molecular weight is 441 g/mol. The maximum atomic E-state index is 12.5. The highest BCUT2D eigenvalue weighted by molar-refractivity contribution is 7.89. The molecule has 0 radical (unpaired) electrons. The predicted molar refractivity (Wildman–Crippen MR) is 118 cm³/mol. The number of nitrogens with one attached hydrogen (secondary N) is 1. The first-order valence-corrected chi connectivity index (χ1v) is 11.6. The molecule has 0 saturated heterocycles. The van der Waals surface area contributed by atoms with Gasteiger partial charge in [0.1, 0.15) is 6.61 Å². The number of hydrogen-bond donors (Lipinski definition) is 1. The molecule has 2 aromatic carbocycles. The average Bonchev–Trinajstić information content (AvgIpc) is 2.76. The van der Waals surface area contributed by atoms with Crippen molar-refractivity contribution in [2.75, 3.05) is 13.4 Å². The Kier molecular flexibility index (Phi) is 7.25. The van der Waals surface area contributed by atoms with Gasteiger partial charge in [-0.15, -0.1) is 0 Å². The lowest BCUT2D eigenvalue weighted by atomic mass is 10.1. The molecule has 1 aromatic heterocycles. The molecule has 0 fully saturated rings. The Balaban J connectivity index is 1.62. The number of ether oxygens (including phenoxy) is 2. The van der Waals surface area contributed by atoms with Gasteiger partial charge in [0, 0.05) is 30.8 Å². The minimum Gasteiger partial charge on any atom is -0.493 e. The molecule has 1 amide bonds. The molecule has 3 rings (SSSR count). The second kappa shape index (κ2) is 10.1. The van der Waals surface area contributed by atoms with Crippen LogP contribution in [0, 0.1) is 0 Å². The molecule has 0 bridgehead atoms. The van der Waals surface area contributed by atoms with Crippen molar-refractivity contribution >= 4 is 15.7 Å². The van der Waals surface area contributed by atoms with E-state index in [0.717, 1.165) is 17.4 Å². The van der Waals surface area contributed by atoms with E-state index in [2.05, 4.69) is 10.3 Å². The van der Waals surface area contributed by atoms with Crippen LogP contribution in [-0.2, 0) is 28.7 Å². The number of methoxy groups -OCH3 is 1. The summed E-state index contributed by atoms with van der Waals surface area (Å²) in [6, 6.07) is 15.8. The Morgan fingerprint density at radius 3 is 2.45 bits per heavy atom. The number of hydrogen-bond acceptors (Lipinski definition) is 6. The number of benzene rings is 2. The summed E-state index contributed by atoms with van der Waals surface area (Å²) in [6.45, 7) is 0.676. The molecule has 0 aliphatic heterocycles. The third kappa shape index (κ3) is 6.82. The number of carbonyl (C=O) groups excluding carboxylic acids is 1. The van der Waals surface area contributed by atoms with Crippen molar-refractivity contribution in [1.29, 1.82) is 0 Å². The maximum Gasteiger partial charge on any atom is 0.251 e. The second-order valence-electron chi connectivity index (χ2n) is 7.08. The first kappa shape index (κ1) is 22.3. The highest BCUT2D eigenvalue weighted by Crippen LogP contribution is 2.28. The molecule has 0 aliphatic carbocycles. The Hall–Kier alpha value is -3.39. The molecular weight excluding hydrogens is 416 g/mol. The van der Waals surface area contributed by atoms with Crippen LogP contribution in [0.2, 0.25) is 0 Å². The Morgan fingerprint density at radius 2 is 1.74 bits per heavy atom. The molecule has 8 heteroatoms. The smallest absolute Gasteiger partial charge is 0.251 e. The molecule has 162 valence electrons. The first-order valence-electron chi connectivity index (χ1n) is 9.57. The van der Waals surface area contributed by atoms with E-state index >= 15 is 0 Å². The molecule has 7 nitrogen and oxygen atoms in total. The van der Waals surface area contributed by atoms with Crippen molar-refractivity contribution in [3.05, 3.63) is 89.2 Å². The van der Waals surface area contributed by atoms with E-state index in [9.17, 15) is 13.2 Å². The zero-order chi connectivity index (χ0) is 22.3. The Bertz CT molecular complexity index is 1150. The van der Waals surface area contributed by atoms with Gasteiger partial charge in [-0.2, -0.15) is 0 Å². The highest BCUT2D eigenvalue weighted by Gasteiger charge is 2.11. The number of amides is 1. The zero-order valence-electron chi connectivity index (χ0n) is 17.4. The SMILES string of the molecule is COc1cc(CNC(=O)c2cccc(CS(C)(=O)=O)c2)ccc1OCc1ccncc1. The summed E-state index contributed by atoms with van der Waals surface area (Å²) in [6.07, 6.45) is 4.58. The fraction of sp³-hybridized carbons (Fsp3) is 0.217. The molecule has 0 spiro atoms.